The lowest BCUT2D eigenvalue weighted by atomic mass is 10.3. The van der Waals surface area contributed by atoms with Crippen molar-refractivity contribution in [3.8, 4) is 0 Å². The van der Waals surface area contributed by atoms with E-state index in [9.17, 15) is 14.4 Å². The molecule has 0 aliphatic carbocycles. The van der Waals surface area contributed by atoms with Gasteiger partial charge in [-0.2, -0.15) is 0 Å². The van der Waals surface area contributed by atoms with Gasteiger partial charge in [0.2, 0.25) is 17.7 Å². The third-order valence-electron chi connectivity index (χ3n) is 2.71. The SMILES string of the molecule is CNCCSC1CC(=O)N(CCC(=O)NC)C1=O. The maximum Gasteiger partial charge on any atom is 0.242 e. The molecule has 18 heavy (non-hydrogen) atoms. The van der Waals surface area contributed by atoms with Gasteiger partial charge in [-0.15, -0.1) is 11.8 Å². The summed E-state index contributed by atoms with van der Waals surface area (Å²) in [5.74, 6) is 0.293. The Kier molecular flexibility index (Phi) is 6.14. The summed E-state index contributed by atoms with van der Waals surface area (Å²) in [6.45, 7) is 0.987. The van der Waals surface area contributed by atoms with Crippen molar-refractivity contribution in [2.24, 2.45) is 0 Å². The Morgan fingerprint density at radius 2 is 2.17 bits per heavy atom. The highest BCUT2D eigenvalue weighted by molar-refractivity contribution is 8.00. The summed E-state index contributed by atoms with van der Waals surface area (Å²) >= 11 is 1.49. The monoisotopic (exact) mass is 273 g/mol. The highest BCUT2D eigenvalue weighted by Gasteiger charge is 2.38. The number of nitrogens with zero attached hydrogens (tertiary/aromatic N) is 1. The molecule has 3 amide bonds. The van der Waals surface area contributed by atoms with E-state index in [1.165, 1.54) is 23.7 Å². The number of hydrogen-bond acceptors (Lipinski definition) is 5. The fourth-order valence-electron chi connectivity index (χ4n) is 1.66. The van der Waals surface area contributed by atoms with Crippen molar-refractivity contribution < 1.29 is 14.4 Å². The van der Waals surface area contributed by atoms with Gasteiger partial charge in [-0.25, -0.2) is 0 Å². The zero-order valence-corrected chi connectivity index (χ0v) is 11.5. The van der Waals surface area contributed by atoms with Crippen LogP contribution < -0.4 is 10.6 Å². The molecule has 1 fully saturated rings. The van der Waals surface area contributed by atoms with Crippen molar-refractivity contribution in [3.05, 3.63) is 0 Å². The molecule has 1 rings (SSSR count). The molecule has 0 spiro atoms. The van der Waals surface area contributed by atoms with Crippen LogP contribution in [0.25, 0.3) is 0 Å². The Morgan fingerprint density at radius 1 is 1.44 bits per heavy atom. The molecule has 0 saturated carbocycles. The average Bonchev–Trinajstić information content (AvgIpc) is 2.62. The van der Waals surface area contributed by atoms with E-state index in [-0.39, 0.29) is 42.4 Å². The van der Waals surface area contributed by atoms with Gasteiger partial charge in [0.1, 0.15) is 0 Å². The standard InChI is InChI=1S/C11H19N3O3S/c1-12-4-6-18-8-7-10(16)14(11(8)17)5-3-9(15)13-2/h8,12H,3-7H2,1-2H3,(H,13,15). The largest absolute Gasteiger partial charge is 0.359 e. The maximum absolute atomic E-state index is 11.9. The topological polar surface area (TPSA) is 78.5 Å². The summed E-state index contributed by atoms with van der Waals surface area (Å²) in [6, 6.07) is 0. The van der Waals surface area contributed by atoms with Crippen LogP contribution in [0, 0.1) is 0 Å². The zero-order valence-electron chi connectivity index (χ0n) is 10.7. The molecule has 6 nitrogen and oxygen atoms in total. The maximum atomic E-state index is 11.9. The van der Waals surface area contributed by atoms with E-state index < -0.39 is 0 Å². The second-order valence-electron chi connectivity index (χ2n) is 3.97. The minimum Gasteiger partial charge on any atom is -0.359 e. The number of rotatable bonds is 7. The normalized spacial score (nSPS) is 19.4. The molecule has 0 bridgehead atoms. The Morgan fingerprint density at radius 3 is 2.78 bits per heavy atom. The van der Waals surface area contributed by atoms with Gasteiger partial charge in [0.15, 0.2) is 0 Å². The fourth-order valence-corrected chi connectivity index (χ4v) is 2.80. The van der Waals surface area contributed by atoms with Crippen LogP contribution >= 0.6 is 11.8 Å². The van der Waals surface area contributed by atoms with Crippen molar-refractivity contribution in [1.29, 1.82) is 0 Å². The van der Waals surface area contributed by atoms with Crippen LogP contribution in [-0.4, -0.2) is 60.8 Å². The molecule has 0 aromatic heterocycles. The predicted octanol–water partition coefficient (Wildman–Crippen LogP) is -0.797. The molecule has 1 unspecified atom stereocenters. The van der Waals surface area contributed by atoms with Gasteiger partial charge >= 0.3 is 0 Å². The average molecular weight is 273 g/mol. The van der Waals surface area contributed by atoms with Gasteiger partial charge in [0.25, 0.3) is 0 Å². The van der Waals surface area contributed by atoms with E-state index in [0.717, 1.165) is 12.3 Å². The number of carbonyl (C=O) groups is 3. The van der Waals surface area contributed by atoms with Gasteiger partial charge in [-0.3, -0.25) is 19.3 Å². The molecule has 1 saturated heterocycles. The zero-order chi connectivity index (χ0) is 13.5. The first kappa shape index (κ1) is 15.0. The van der Waals surface area contributed by atoms with Gasteiger partial charge in [-0.1, -0.05) is 0 Å². The molecular formula is C11H19N3O3S. The van der Waals surface area contributed by atoms with Gasteiger partial charge in [0, 0.05) is 38.7 Å². The lowest BCUT2D eigenvalue weighted by molar-refractivity contribution is -0.138. The quantitative estimate of drug-likeness (QED) is 0.469. The fraction of sp³-hybridized carbons (Fsp3) is 0.727. The van der Waals surface area contributed by atoms with Crippen molar-refractivity contribution in [2.75, 3.05) is 32.9 Å². The van der Waals surface area contributed by atoms with Crippen LogP contribution in [0.5, 0.6) is 0 Å². The molecule has 1 atom stereocenters. The number of amides is 3. The highest BCUT2D eigenvalue weighted by atomic mass is 32.2. The lowest BCUT2D eigenvalue weighted by Gasteiger charge is -2.14. The van der Waals surface area contributed by atoms with Crippen molar-refractivity contribution in [1.82, 2.24) is 15.5 Å². The van der Waals surface area contributed by atoms with Crippen molar-refractivity contribution >= 4 is 29.5 Å². The van der Waals surface area contributed by atoms with E-state index in [2.05, 4.69) is 10.6 Å². The number of likely N-dealkylation sites (tertiary alicyclic amines) is 1. The summed E-state index contributed by atoms with van der Waals surface area (Å²) in [7, 11) is 3.38. The van der Waals surface area contributed by atoms with Gasteiger partial charge in [-0.05, 0) is 7.05 Å². The molecule has 1 heterocycles. The summed E-state index contributed by atoms with van der Waals surface area (Å²) < 4.78 is 0. The van der Waals surface area contributed by atoms with Crippen LogP contribution in [0.15, 0.2) is 0 Å². The second-order valence-corrected chi connectivity index (χ2v) is 5.28. The van der Waals surface area contributed by atoms with E-state index in [1.807, 2.05) is 7.05 Å². The van der Waals surface area contributed by atoms with Crippen LogP contribution in [0.3, 0.4) is 0 Å². The lowest BCUT2D eigenvalue weighted by Crippen LogP contribution is -2.35. The van der Waals surface area contributed by atoms with E-state index >= 15 is 0 Å². The summed E-state index contributed by atoms with van der Waals surface area (Å²) in [4.78, 5) is 35.9. The molecule has 102 valence electrons. The summed E-state index contributed by atoms with van der Waals surface area (Å²) in [6.07, 6.45) is 0.419. The summed E-state index contributed by atoms with van der Waals surface area (Å²) in [5, 5.41) is 5.18. The predicted molar refractivity (Wildman–Crippen MR) is 70.2 cm³/mol. The Hall–Kier alpha value is -1.08. The third-order valence-corrected chi connectivity index (χ3v) is 3.93. The number of carbonyl (C=O) groups excluding carboxylic acids is 3. The smallest absolute Gasteiger partial charge is 0.242 e. The molecule has 0 aromatic carbocycles. The first-order valence-corrected chi connectivity index (χ1v) is 6.96. The summed E-state index contributed by atoms with van der Waals surface area (Å²) in [5.41, 5.74) is 0. The molecule has 1 aliphatic heterocycles. The molecule has 0 radical (unpaired) electrons. The molecule has 7 heteroatoms. The first-order chi connectivity index (χ1) is 8.60. The molecule has 0 aromatic rings. The van der Waals surface area contributed by atoms with Gasteiger partial charge < -0.3 is 10.6 Å². The van der Waals surface area contributed by atoms with Crippen LogP contribution in [0.2, 0.25) is 0 Å². The molecule has 2 N–H and O–H groups in total. The minimum absolute atomic E-state index is 0.162. The number of thioether (sulfide) groups is 1. The van der Waals surface area contributed by atoms with Crippen molar-refractivity contribution in [3.63, 3.8) is 0 Å². The number of hydrogen-bond donors (Lipinski definition) is 2. The molecular weight excluding hydrogens is 254 g/mol. The van der Waals surface area contributed by atoms with Gasteiger partial charge in [0.05, 0.1) is 5.25 Å². The van der Waals surface area contributed by atoms with Crippen LogP contribution in [-0.2, 0) is 14.4 Å². The number of imide groups is 1. The minimum atomic E-state index is -0.282. The Bertz CT molecular complexity index is 335. The highest BCUT2D eigenvalue weighted by Crippen LogP contribution is 2.24. The van der Waals surface area contributed by atoms with E-state index in [1.54, 1.807) is 0 Å². The first-order valence-electron chi connectivity index (χ1n) is 5.91. The van der Waals surface area contributed by atoms with Crippen molar-refractivity contribution in [2.45, 2.75) is 18.1 Å². The Labute approximate surface area is 111 Å². The van der Waals surface area contributed by atoms with E-state index in [0.29, 0.717) is 0 Å². The molecule has 1 aliphatic rings. The Balaban J connectivity index is 2.43. The second kappa shape index (κ2) is 7.38. The van der Waals surface area contributed by atoms with E-state index in [4.69, 9.17) is 0 Å². The number of nitrogens with one attached hydrogen (secondary N) is 2. The van der Waals surface area contributed by atoms with Crippen LogP contribution in [0.1, 0.15) is 12.8 Å². The van der Waals surface area contributed by atoms with Crippen LogP contribution in [0.4, 0.5) is 0 Å². The third kappa shape index (κ3) is 3.99.